The van der Waals surface area contributed by atoms with Crippen molar-refractivity contribution in [1.82, 2.24) is 10.9 Å². The third-order valence-corrected chi connectivity index (χ3v) is 4.61. The summed E-state index contributed by atoms with van der Waals surface area (Å²) in [6.07, 6.45) is 0. The number of hydrazone groups is 2. The molecule has 162 valence electrons. The van der Waals surface area contributed by atoms with Gasteiger partial charge in [-0.05, 0) is 49.2 Å². The monoisotopic (exact) mass is 434 g/mol. The number of carbonyl (C=O) groups is 2. The van der Waals surface area contributed by atoms with Gasteiger partial charge in [0.25, 0.3) is 11.8 Å². The van der Waals surface area contributed by atoms with Crippen LogP contribution in [0.2, 0.25) is 0 Å². The van der Waals surface area contributed by atoms with Gasteiger partial charge in [-0.3, -0.25) is 9.59 Å². The molecule has 0 unspecified atom stereocenters. The molecule has 2 N–H and O–H groups in total. The minimum Gasteiger partial charge on any atom is -0.267 e. The van der Waals surface area contributed by atoms with Crippen molar-refractivity contribution in [1.29, 1.82) is 0 Å². The average Bonchev–Trinajstić information content (AvgIpc) is 2.81. The zero-order valence-electron chi connectivity index (χ0n) is 17.4. The van der Waals surface area contributed by atoms with Gasteiger partial charge in [-0.2, -0.15) is 10.2 Å². The number of hydrogen-bond donors (Lipinski definition) is 2. The lowest BCUT2D eigenvalue weighted by Crippen LogP contribution is -2.21. The number of rotatable bonds is 6. The number of hydrogen-bond acceptors (Lipinski definition) is 4. The van der Waals surface area contributed by atoms with E-state index in [1.165, 1.54) is 36.4 Å². The molecule has 8 heteroatoms. The smallest absolute Gasteiger partial charge is 0.267 e. The van der Waals surface area contributed by atoms with E-state index in [9.17, 15) is 18.4 Å². The van der Waals surface area contributed by atoms with Crippen LogP contribution in [0.15, 0.2) is 83.0 Å². The Hall–Kier alpha value is -4.20. The number of nitrogens with one attached hydrogen (secondary N) is 2. The second-order valence-corrected chi connectivity index (χ2v) is 6.81. The third kappa shape index (κ3) is 5.48. The van der Waals surface area contributed by atoms with E-state index in [0.717, 1.165) is 11.1 Å². The Morgan fingerprint density at radius 3 is 1.31 bits per heavy atom. The molecule has 0 fully saturated rings. The van der Waals surface area contributed by atoms with Gasteiger partial charge in [-0.15, -0.1) is 0 Å². The minimum absolute atomic E-state index is 0.0938. The van der Waals surface area contributed by atoms with Crippen molar-refractivity contribution in [2.24, 2.45) is 10.2 Å². The highest BCUT2D eigenvalue weighted by Gasteiger charge is 2.11. The standard InChI is InChI=1S/C24H20F2N4O2/c1-15(27-29-23(31)19-7-3-5-9-21(19)25)17-11-13-18(14-12-17)16(2)28-30-24(32)20-8-4-6-10-22(20)26/h3-14H,1-2H3,(H,29,31)(H,30,32)/b27-15-,28-16-. The Kier molecular flexibility index (Phi) is 7.17. The van der Waals surface area contributed by atoms with Crippen LogP contribution in [-0.4, -0.2) is 23.2 Å². The zero-order valence-corrected chi connectivity index (χ0v) is 17.4. The largest absolute Gasteiger partial charge is 0.274 e. The molecule has 0 aliphatic heterocycles. The van der Waals surface area contributed by atoms with E-state index in [1.54, 1.807) is 50.2 Å². The Morgan fingerprint density at radius 2 is 0.969 bits per heavy atom. The topological polar surface area (TPSA) is 82.9 Å². The van der Waals surface area contributed by atoms with Gasteiger partial charge in [0.1, 0.15) is 11.6 Å². The molecular weight excluding hydrogens is 414 g/mol. The maximum atomic E-state index is 13.7. The maximum absolute atomic E-state index is 13.7. The van der Waals surface area contributed by atoms with Crippen LogP contribution in [0.3, 0.4) is 0 Å². The zero-order chi connectivity index (χ0) is 23.1. The van der Waals surface area contributed by atoms with Crippen LogP contribution in [0, 0.1) is 11.6 Å². The third-order valence-electron chi connectivity index (χ3n) is 4.61. The summed E-state index contributed by atoms with van der Waals surface area (Å²) < 4.78 is 27.3. The Morgan fingerprint density at radius 1 is 0.625 bits per heavy atom. The van der Waals surface area contributed by atoms with Crippen molar-refractivity contribution in [2.75, 3.05) is 0 Å². The number of nitrogens with zero attached hydrogens (tertiary/aromatic N) is 2. The van der Waals surface area contributed by atoms with Crippen LogP contribution in [0.4, 0.5) is 8.78 Å². The highest BCUT2D eigenvalue weighted by Crippen LogP contribution is 2.09. The lowest BCUT2D eigenvalue weighted by Gasteiger charge is -2.06. The molecule has 3 rings (SSSR count). The fourth-order valence-electron chi connectivity index (χ4n) is 2.76. The first kappa shape index (κ1) is 22.5. The lowest BCUT2D eigenvalue weighted by molar-refractivity contribution is 0.0942. The summed E-state index contributed by atoms with van der Waals surface area (Å²) in [7, 11) is 0. The van der Waals surface area contributed by atoms with E-state index in [-0.39, 0.29) is 11.1 Å². The molecular formula is C24H20F2N4O2. The minimum atomic E-state index is -0.646. The molecule has 0 aromatic heterocycles. The van der Waals surface area contributed by atoms with Gasteiger partial charge in [-0.25, -0.2) is 19.6 Å². The molecule has 0 saturated heterocycles. The van der Waals surface area contributed by atoms with Gasteiger partial charge in [0, 0.05) is 0 Å². The van der Waals surface area contributed by atoms with E-state index in [0.29, 0.717) is 11.4 Å². The highest BCUT2D eigenvalue weighted by molar-refractivity contribution is 6.03. The van der Waals surface area contributed by atoms with E-state index in [1.807, 2.05) is 0 Å². The molecule has 0 atom stereocenters. The van der Waals surface area contributed by atoms with Crippen LogP contribution in [0.25, 0.3) is 0 Å². The van der Waals surface area contributed by atoms with Crippen molar-refractivity contribution in [3.05, 3.63) is 107 Å². The summed E-state index contributed by atoms with van der Waals surface area (Å²) in [5.74, 6) is -2.54. The first-order valence-electron chi connectivity index (χ1n) is 9.66. The van der Waals surface area contributed by atoms with E-state index in [4.69, 9.17) is 0 Å². The van der Waals surface area contributed by atoms with Gasteiger partial charge in [-0.1, -0.05) is 48.5 Å². The van der Waals surface area contributed by atoms with Gasteiger partial charge in [0.2, 0.25) is 0 Å². The first-order valence-corrected chi connectivity index (χ1v) is 9.66. The van der Waals surface area contributed by atoms with Crippen molar-refractivity contribution in [3.63, 3.8) is 0 Å². The van der Waals surface area contributed by atoms with Crippen molar-refractivity contribution >= 4 is 23.2 Å². The van der Waals surface area contributed by atoms with Crippen molar-refractivity contribution in [2.45, 2.75) is 13.8 Å². The quantitative estimate of drug-likeness (QED) is 0.449. The maximum Gasteiger partial charge on any atom is 0.274 e. The second kappa shape index (κ2) is 10.2. The Labute approximate surface area is 183 Å². The molecule has 0 heterocycles. The number of carbonyl (C=O) groups excluding carboxylic acids is 2. The van der Waals surface area contributed by atoms with Gasteiger partial charge in [0.15, 0.2) is 0 Å². The van der Waals surface area contributed by atoms with Gasteiger partial charge in [0.05, 0.1) is 22.6 Å². The summed E-state index contributed by atoms with van der Waals surface area (Å²) in [5, 5.41) is 8.03. The molecule has 0 saturated carbocycles. The summed E-state index contributed by atoms with van der Waals surface area (Å²) in [6, 6.07) is 18.3. The van der Waals surface area contributed by atoms with Crippen LogP contribution >= 0.6 is 0 Å². The highest BCUT2D eigenvalue weighted by atomic mass is 19.1. The second-order valence-electron chi connectivity index (χ2n) is 6.81. The molecule has 0 bridgehead atoms. The molecule has 3 aromatic carbocycles. The van der Waals surface area contributed by atoms with Crippen LogP contribution in [0.5, 0.6) is 0 Å². The van der Waals surface area contributed by atoms with Crippen LogP contribution < -0.4 is 10.9 Å². The number of halogens is 2. The average molecular weight is 434 g/mol. The number of amides is 2. The summed E-state index contributed by atoms with van der Waals surface area (Å²) >= 11 is 0. The van der Waals surface area contributed by atoms with Crippen molar-refractivity contribution < 1.29 is 18.4 Å². The lowest BCUT2D eigenvalue weighted by atomic mass is 10.1. The predicted molar refractivity (Wildman–Crippen MR) is 119 cm³/mol. The van der Waals surface area contributed by atoms with Crippen molar-refractivity contribution in [3.8, 4) is 0 Å². The molecule has 6 nitrogen and oxygen atoms in total. The Bertz CT molecular complexity index is 1110. The van der Waals surface area contributed by atoms with E-state index >= 15 is 0 Å². The molecule has 0 aliphatic carbocycles. The molecule has 0 spiro atoms. The molecule has 0 aliphatic rings. The van der Waals surface area contributed by atoms with E-state index < -0.39 is 23.4 Å². The first-order chi connectivity index (χ1) is 15.4. The predicted octanol–water partition coefficient (Wildman–Crippen LogP) is 4.27. The normalized spacial score (nSPS) is 11.8. The molecule has 2 amide bonds. The molecule has 0 radical (unpaired) electrons. The fraction of sp³-hybridized carbons (Fsp3) is 0.0833. The van der Waals surface area contributed by atoms with Crippen LogP contribution in [-0.2, 0) is 0 Å². The summed E-state index contributed by atoms with van der Waals surface area (Å²) in [6.45, 7) is 3.40. The Balaban J connectivity index is 1.64. The van der Waals surface area contributed by atoms with Crippen LogP contribution in [0.1, 0.15) is 45.7 Å². The molecule has 32 heavy (non-hydrogen) atoms. The summed E-state index contributed by atoms with van der Waals surface area (Å²) in [5.41, 5.74) is 6.97. The van der Waals surface area contributed by atoms with E-state index in [2.05, 4.69) is 21.1 Å². The summed E-state index contributed by atoms with van der Waals surface area (Å²) in [4.78, 5) is 24.1. The number of benzene rings is 3. The SMILES string of the molecule is C/C(=N/NC(=O)c1ccccc1F)c1ccc(/C(C)=N\NC(=O)c2ccccc2F)cc1. The molecule has 3 aromatic rings. The fourth-order valence-corrected chi connectivity index (χ4v) is 2.76. The van der Waals surface area contributed by atoms with Gasteiger partial charge < -0.3 is 0 Å². The van der Waals surface area contributed by atoms with Gasteiger partial charge >= 0.3 is 0 Å².